The minimum absolute atomic E-state index is 0.0632. The second-order valence-electron chi connectivity index (χ2n) is 5.07. The van der Waals surface area contributed by atoms with Crippen molar-refractivity contribution in [3.8, 4) is 0 Å². The van der Waals surface area contributed by atoms with Crippen molar-refractivity contribution in [3.05, 3.63) is 45.0 Å². The Labute approximate surface area is 129 Å². The van der Waals surface area contributed by atoms with E-state index in [-0.39, 0.29) is 5.56 Å². The predicted octanol–water partition coefficient (Wildman–Crippen LogP) is 1.51. The zero-order valence-corrected chi connectivity index (χ0v) is 12.1. The number of rotatable bonds is 3. The summed E-state index contributed by atoms with van der Waals surface area (Å²) in [6, 6.07) is 3.01. The quantitative estimate of drug-likeness (QED) is 0.291. The third kappa shape index (κ3) is 3.34. The SMILES string of the molecule is CC1(C)OC(=O)C(=Cc2ccc([N+](=O)[O-])cc2C(=O)O)C(=O)O1. The second kappa shape index (κ2) is 5.52. The van der Waals surface area contributed by atoms with Crippen LogP contribution in [0.15, 0.2) is 23.8 Å². The van der Waals surface area contributed by atoms with Crippen LogP contribution in [0.1, 0.15) is 29.8 Å². The fourth-order valence-corrected chi connectivity index (χ4v) is 1.90. The summed E-state index contributed by atoms with van der Waals surface area (Å²) in [6.45, 7) is 2.74. The molecule has 0 radical (unpaired) electrons. The van der Waals surface area contributed by atoms with E-state index in [9.17, 15) is 24.5 Å². The summed E-state index contributed by atoms with van der Waals surface area (Å²) in [4.78, 5) is 44.8. The number of benzene rings is 1. The van der Waals surface area contributed by atoms with Crippen molar-refractivity contribution in [1.29, 1.82) is 0 Å². The number of nitro benzene ring substituents is 1. The Bertz CT molecular complexity index is 740. The number of nitro groups is 1. The molecule has 0 spiro atoms. The number of esters is 2. The van der Waals surface area contributed by atoms with E-state index in [0.29, 0.717) is 0 Å². The highest BCUT2D eigenvalue weighted by molar-refractivity contribution is 6.19. The maximum Gasteiger partial charge on any atom is 0.348 e. The lowest BCUT2D eigenvalue weighted by atomic mass is 10.0. The van der Waals surface area contributed by atoms with Gasteiger partial charge in [-0.2, -0.15) is 0 Å². The molecule has 9 heteroatoms. The predicted molar refractivity (Wildman–Crippen MR) is 74.3 cm³/mol. The van der Waals surface area contributed by atoms with Crippen LogP contribution in [-0.2, 0) is 19.1 Å². The van der Waals surface area contributed by atoms with E-state index < -0.39 is 45.4 Å². The van der Waals surface area contributed by atoms with Crippen LogP contribution in [0.3, 0.4) is 0 Å². The van der Waals surface area contributed by atoms with E-state index in [1.54, 1.807) is 0 Å². The van der Waals surface area contributed by atoms with Gasteiger partial charge < -0.3 is 14.6 Å². The summed E-state index contributed by atoms with van der Waals surface area (Å²) in [7, 11) is 0. The third-order valence-corrected chi connectivity index (χ3v) is 2.89. The van der Waals surface area contributed by atoms with Gasteiger partial charge in [-0.05, 0) is 17.7 Å². The topological polar surface area (TPSA) is 133 Å². The standard InChI is InChI=1S/C14H11NO8/c1-14(2)22-12(18)10(13(19)23-14)5-7-3-4-8(15(20)21)6-9(7)11(16)17/h3-6H,1-2H3,(H,16,17). The highest BCUT2D eigenvalue weighted by Crippen LogP contribution is 2.26. The van der Waals surface area contributed by atoms with Crippen molar-refractivity contribution in [2.24, 2.45) is 0 Å². The maximum absolute atomic E-state index is 11.8. The molecule has 120 valence electrons. The van der Waals surface area contributed by atoms with Crippen LogP contribution in [0.4, 0.5) is 5.69 Å². The lowest BCUT2D eigenvalue weighted by Gasteiger charge is -2.29. The molecule has 23 heavy (non-hydrogen) atoms. The van der Waals surface area contributed by atoms with Crippen molar-refractivity contribution in [2.75, 3.05) is 0 Å². The number of ether oxygens (including phenoxy) is 2. The molecule has 0 atom stereocenters. The number of non-ortho nitro benzene ring substituents is 1. The number of carbonyl (C=O) groups excluding carboxylic acids is 2. The Morgan fingerprint density at radius 2 is 1.83 bits per heavy atom. The van der Waals surface area contributed by atoms with Gasteiger partial charge in [-0.25, -0.2) is 14.4 Å². The van der Waals surface area contributed by atoms with E-state index in [4.69, 9.17) is 14.6 Å². The van der Waals surface area contributed by atoms with Gasteiger partial charge in [0, 0.05) is 26.0 Å². The number of nitrogens with zero attached hydrogens (tertiary/aromatic N) is 1. The van der Waals surface area contributed by atoms with Crippen LogP contribution in [0.25, 0.3) is 6.08 Å². The maximum atomic E-state index is 11.8. The van der Waals surface area contributed by atoms with Gasteiger partial charge in [0.25, 0.3) is 11.5 Å². The lowest BCUT2D eigenvalue weighted by molar-refractivity contribution is -0.384. The van der Waals surface area contributed by atoms with E-state index >= 15 is 0 Å². The van der Waals surface area contributed by atoms with Crippen LogP contribution in [-0.4, -0.2) is 33.7 Å². The van der Waals surface area contributed by atoms with E-state index in [1.165, 1.54) is 13.8 Å². The van der Waals surface area contributed by atoms with E-state index in [0.717, 1.165) is 24.3 Å². The summed E-state index contributed by atoms with van der Waals surface area (Å²) >= 11 is 0. The summed E-state index contributed by atoms with van der Waals surface area (Å²) in [6.07, 6.45) is 0.965. The third-order valence-electron chi connectivity index (χ3n) is 2.89. The Balaban J connectivity index is 2.50. The average Bonchev–Trinajstić information content (AvgIpc) is 2.41. The van der Waals surface area contributed by atoms with Gasteiger partial charge in [0.05, 0.1) is 10.5 Å². The molecule has 0 unspecified atom stereocenters. The molecule has 0 saturated carbocycles. The first-order chi connectivity index (χ1) is 10.6. The Hall–Kier alpha value is -3.23. The molecule has 1 heterocycles. The molecule has 0 aromatic heterocycles. The number of carboxylic acid groups (broad SMARTS) is 1. The molecule has 1 aromatic carbocycles. The molecule has 0 bridgehead atoms. The van der Waals surface area contributed by atoms with Crippen molar-refractivity contribution < 1.29 is 33.9 Å². The zero-order valence-electron chi connectivity index (χ0n) is 12.1. The molecule has 9 nitrogen and oxygen atoms in total. The number of hydrogen-bond donors (Lipinski definition) is 1. The number of hydrogen-bond acceptors (Lipinski definition) is 7. The number of carbonyl (C=O) groups is 3. The van der Waals surface area contributed by atoms with Crippen LogP contribution >= 0.6 is 0 Å². The van der Waals surface area contributed by atoms with Gasteiger partial charge in [0.1, 0.15) is 5.57 Å². The molecule has 1 saturated heterocycles. The molecule has 1 aliphatic rings. The monoisotopic (exact) mass is 321 g/mol. The lowest BCUT2D eigenvalue weighted by Crippen LogP contribution is -2.41. The Morgan fingerprint density at radius 1 is 1.26 bits per heavy atom. The molecule has 0 aliphatic carbocycles. The fraction of sp³-hybridized carbons (Fsp3) is 0.214. The first kappa shape index (κ1) is 16.1. The Kier molecular flexibility index (Phi) is 3.87. The zero-order chi connectivity index (χ0) is 17.4. The molecule has 1 aliphatic heterocycles. The minimum atomic E-state index is -1.45. The van der Waals surface area contributed by atoms with Gasteiger partial charge in [-0.1, -0.05) is 0 Å². The summed E-state index contributed by atoms with van der Waals surface area (Å²) < 4.78 is 9.77. The van der Waals surface area contributed by atoms with Crippen LogP contribution in [0.5, 0.6) is 0 Å². The largest absolute Gasteiger partial charge is 0.478 e. The van der Waals surface area contributed by atoms with Crippen molar-refractivity contribution in [3.63, 3.8) is 0 Å². The minimum Gasteiger partial charge on any atom is -0.478 e. The first-order valence-electron chi connectivity index (χ1n) is 6.31. The molecule has 0 amide bonds. The van der Waals surface area contributed by atoms with Gasteiger partial charge in [0.15, 0.2) is 0 Å². The molecule has 1 N–H and O–H groups in total. The first-order valence-corrected chi connectivity index (χ1v) is 6.31. The molecular formula is C14H11NO8. The van der Waals surface area contributed by atoms with Crippen LogP contribution < -0.4 is 0 Å². The normalized spacial score (nSPS) is 16.3. The van der Waals surface area contributed by atoms with Gasteiger partial charge in [-0.15, -0.1) is 0 Å². The molecule has 1 fully saturated rings. The summed E-state index contributed by atoms with van der Waals surface area (Å²) in [5.74, 6) is -4.81. The molecular weight excluding hydrogens is 310 g/mol. The van der Waals surface area contributed by atoms with Gasteiger partial charge in [-0.3, -0.25) is 10.1 Å². The highest BCUT2D eigenvalue weighted by atomic mass is 16.7. The van der Waals surface area contributed by atoms with Crippen molar-refractivity contribution in [1.82, 2.24) is 0 Å². The van der Waals surface area contributed by atoms with Crippen LogP contribution in [0.2, 0.25) is 0 Å². The van der Waals surface area contributed by atoms with Crippen molar-refractivity contribution >= 4 is 29.7 Å². The fourth-order valence-electron chi connectivity index (χ4n) is 1.90. The second-order valence-corrected chi connectivity index (χ2v) is 5.07. The van der Waals surface area contributed by atoms with E-state index in [2.05, 4.69) is 0 Å². The number of cyclic esters (lactones) is 2. The van der Waals surface area contributed by atoms with Gasteiger partial charge >= 0.3 is 17.9 Å². The van der Waals surface area contributed by atoms with Crippen LogP contribution in [0, 0.1) is 10.1 Å². The van der Waals surface area contributed by atoms with Crippen molar-refractivity contribution in [2.45, 2.75) is 19.6 Å². The summed E-state index contributed by atoms with van der Waals surface area (Å²) in [5, 5.41) is 19.8. The number of aromatic carboxylic acids is 1. The Morgan fingerprint density at radius 3 is 2.30 bits per heavy atom. The van der Waals surface area contributed by atoms with Gasteiger partial charge in [0.2, 0.25) is 0 Å². The highest BCUT2D eigenvalue weighted by Gasteiger charge is 2.39. The number of carboxylic acids is 1. The molecule has 2 rings (SSSR count). The average molecular weight is 321 g/mol. The smallest absolute Gasteiger partial charge is 0.348 e. The summed E-state index contributed by atoms with van der Waals surface area (Å²) in [5.41, 5.74) is -1.43. The van der Waals surface area contributed by atoms with E-state index in [1.807, 2.05) is 0 Å². The molecule has 1 aromatic rings.